The fourth-order valence-corrected chi connectivity index (χ4v) is 3.04. The van der Waals surface area contributed by atoms with E-state index in [0.29, 0.717) is 6.54 Å². The Morgan fingerprint density at radius 2 is 2.12 bits per heavy atom. The van der Waals surface area contributed by atoms with Gasteiger partial charge in [0.25, 0.3) is 0 Å². The summed E-state index contributed by atoms with van der Waals surface area (Å²) in [7, 11) is 3.47. The average Bonchev–Trinajstić information content (AvgIpc) is 3.00. The number of nitrogens with zero attached hydrogens (tertiary/aromatic N) is 2. The quantitative estimate of drug-likeness (QED) is 0.623. The number of hydrogen-bond donors (Lipinski definition) is 2. The molecule has 0 amide bonds. The van der Waals surface area contributed by atoms with Gasteiger partial charge >= 0.3 is 0 Å². The van der Waals surface area contributed by atoms with Crippen LogP contribution in [0.15, 0.2) is 35.5 Å². The molecule has 0 aliphatic rings. The van der Waals surface area contributed by atoms with Crippen LogP contribution in [0.4, 0.5) is 0 Å². The van der Waals surface area contributed by atoms with Crippen LogP contribution in [0.5, 0.6) is 5.75 Å². The van der Waals surface area contributed by atoms with Gasteiger partial charge in [0, 0.05) is 30.1 Å². The van der Waals surface area contributed by atoms with Crippen molar-refractivity contribution in [3.63, 3.8) is 0 Å². The van der Waals surface area contributed by atoms with Crippen LogP contribution in [-0.2, 0) is 12.0 Å². The number of ether oxygens (including phenoxy) is 1. The van der Waals surface area contributed by atoms with E-state index >= 15 is 0 Å². The van der Waals surface area contributed by atoms with E-state index in [1.54, 1.807) is 25.5 Å². The number of methoxy groups -OCH3 is 1. The van der Waals surface area contributed by atoms with E-state index in [1.165, 1.54) is 10.4 Å². The van der Waals surface area contributed by atoms with Gasteiger partial charge in [-0.05, 0) is 24.6 Å². The number of benzene rings is 1. The molecular formula is C18H26N4OS. The van der Waals surface area contributed by atoms with Crippen molar-refractivity contribution < 1.29 is 4.74 Å². The smallest absolute Gasteiger partial charge is 0.191 e. The summed E-state index contributed by atoms with van der Waals surface area (Å²) in [6, 6.07) is 8.19. The zero-order valence-corrected chi connectivity index (χ0v) is 15.8. The Labute approximate surface area is 148 Å². The van der Waals surface area contributed by atoms with Crippen LogP contribution in [0.3, 0.4) is 0 Å². The van der Waals surface area contributed by atoms with E-state index in [-0.39, 0.29) is 5.41 Å². The van der Waals surface area contributed by atoms with Gasteiger partial charge in [0.15, 0.2) is 5.96 Å². The Hall–Kier alpha value is -2.08. The van der Waals surface area contributed by atoms with E-state index in [2.05, 4.69) is 53.5 Å². The van der Waals surface area contributed by atoms with Crippen LogP contribution in [0.2, 0.25) is 0 Å². The molecule has 0 spiro atoms. The first-order valence-corrected chi connectivity index (χ1v) is 8.76. The predicted molar refractivity (Wildman–Crippen MR) is 101 cm³/mol. The molecule has 0 radical (unpaired) electrons. The van der Waals surface area contributed by atoms with Crippen LogP contribution in [0.25, 0.3) is 0 Å². The minimum Gasteiger partial charge on any atom is -0.497 e. The van der Waals surface area contributed by atoms with Crippen LogP contribution < -0.4 is 15.4 Å². The van der Waals surface area contributed by atoms with Crippen LogP contribution in [0.1, 0.15) is 29.3 Å². The average molecular weight is 347 g/mol. The summed E-state index contributed by atoms with van der Waals surface area (Å²) in [6.45, 7) is 7.90. The third-order valence-corrected chi connectivity index (χ3v) is 4.76. The molecule has 0 aliphatic carbocycles. The Bertz CT molecular complexity index is 694. The Kier molecular flexibility index (Phi) is 6.20. The second-order valence-corrected chi connectivity index (χ2v) is 7.58. The maximum atomic E-state index is 5.32. The molecule has 0 fully saturated rings. The van der Waals surface area contributed by atoms with Gasteiger partial charge in [0.2, 0.25) is 0 Å². The largest absolute Gasteiger partial charge is 0.497 e. The molecule has 0 saturated carbocycles. The molecule has 2 N–H and O–H groups in total. The molecule has 1 heterocycles. The number of aryl methyl sites for hydroxylation is 1. The van der Waals surface area contributed by atoms with Crippen molar-refractivity contribution in [1.29, 1.82) is 0 Å². The minimum absolute atomic E-state index is 0.0517. The summed E-state index contributed by atoms with van der Waals surface area (Å²) in [6.07, 6.45) is 1.89. The van der Waals surface area contributed by atoms with Crippen molar-refractivity contribution in [3.8, 4) is 5.75 Å². The third-order valence-electron chi connectivity index (χ3n) is 3.85. The third kappa shape index (κ3) is 4.96. The fraction of sp³-hybridized carbons (Fsp3) is 0.444. The first-order chi connectivity index (χ1) is 11.4. The monoisotopic (exact) mass is 346 g/mol. The van der Waals surface area contributed by atoms with Crippen LogP contribution >= 0.6 is 11.3 Å². The summed E-state index contributed by atoms with van der Waals surface area (Å²) in [5.41, 5.74) is 1.17. The lowest BCUT2D eigenvalue weighted by molar-refractivity contribution is 0.411. The van der Waals surface area contributed by atoms with Crippen molar-refractivity contribution in [2.24, 2.45) is 4.99 Å². The first kappa shape index (κ1) is 18.3. The molecule has 2 aromatic rings. The van der Waals surface area contributed by atoms with E-state index in [4.69, 9.17) is 4.74 Å². The van der Waals surface area contributed by atoms with E-state index < -0.39 is 0 Å². The highest BCUT2D eigenvalue weighted by atomic mass is 32.1. The van der Waals surface area contributed by atoms with Gasteiger partial charge in [0.1, 0.15) is 10.8 Å². The highest BCUT2D eigenvalue weighted by Gasteiger charge is 2.21. The Morgan fingerprint density at radius 3 is 2.75 bits per heavy atom. The predicted octanol–water partition coefficient (Wildman–Crippen LogP) is 3.10. The lowest BCUT2D eigenvalue weighted by Crippen LogP contribution is -2.43. The number of guanidine groups is 1. The summed E-state index contributed by atoms with van der Waals surface area (Å²) in [5.74, 6) is 1.65. The molecule has 0 unspecified atom stereocenters. The molecular weight excluding hydrogens is 320 g/mol. The lowest BCUT2D eigenvalue weighted by atomic mass is 9.84. The maximum Gasteiger partial charge on any atom is 0.191 e. The topological polar surface area (TPSA) is 58.5 Å². The molecule has 130 valence electrons. The van der Waals surface area contributed by atoms with E-state index in [1.807, 2.05) is 18.3 Å². The molecule has 24 heavy (non-hydrogen) atoms. The second kappa shape index (κ2) is 8.15. The molecule has 0 aliphatic heterocycles. The molecule has 6 heteroatoms. The molecule has 0 atom stereocenters. The number of hydrogen-bond acceptors (Lipinski definition) is 4. The summed E-state index contributed by atoms with van der Waals surface area (Å²) in [5, 5.41) is 7.76. The maximum absolute atomic E-state index is 5.32. The van der Waals surface area contributed by atoms with Gasteiger partial charge in [0.05, 0.1) is 13.7 Å². The number of nitrogens with one attached hydrogen (secondary N) is 2. The van der Waals surface area contributed by atoms with Crippen molar-refractivity contribution in [2.75, 3.05) is 20.7 Å². The van der Waals surface area contributed by atoms with E-state index in [0.717, 1.165) is 23.3 Å². The number of thiazole rings is 1. The number of aliphatic imine (C=N–C) groups is 1. The Balaban J connectivity index is 1.93. The second-order valence-electron chi connectivity index (χ2n) is 6.26. The van der Waals surface area contributed by atoms with Gasteiger partial charge in [-0.2, -0.15) is 0 Å². The van der Waals surface area contributed by atoms with Gasteiger partial charge in [-0.1, -0.05) is 26.0 Å². The van der Waals surface area contributed by atoms with Crippen molar-refractivity contribution in [2.45, 2.75) is 32.7 Å². The van der Waals surface area contributed by atoms with Crippen molar-refractivity contribution in [1.82, 2.24) is 15.6 Å². The standard InChI is InChI=1S/C18H26N4OS/c1-13-10-20-16(24-13)11-21-17(19-4)22-12-18(2,3)14-7-6-8-15(9-14)23-5/h6-10H,11-12H2,1-5H3,(H2,19,21,22). The molecule has 2 rings (SSSR count). The highest BCUT2D eigenvalue weighted by Crippen LogP contribution is 2.25. The highest BCUT2D eigenvalue weighted by molar-refractivity contribution is 7.11. The van der Waals surface area contributed by atoms with Crippen molar-refractivity contribution >= 4 is 17.3 Å². The normalized spacial score (nSPS) is 12.1. The van der Waals surface area contributed by atoms with Gasteiger partial charge in [-0.15, -0.1) is 11.3 Å². The van der Waals surface area contributed by atoms with Gasteiger partial charge < -0.3 is 15.4 Å². The van der Waals surface area contributed by atoms with Gasteiger partial charge in [-0.3, -0.25) is 4.99 Å². The molecule has 0 saturated heterocycles. The minimum atomic E-state index is -0.0517. The first-order valence-electron chi connectivity index (χ1n) is 7.95. The van der Waals surface area contributed by atoms with Crippen molar-refractivity contribution in [3.05, 3.63) is 45.9 Å². The fourth-order valence-electron chi connectivity index (χ4n) is 2.31. The number of rotatable bonds is 6. The van der Waals surface area contributed by atoms with E-state index in [9.17, 15) is 0 Å². The van der Waals surface area contributed by atoms with Gasteiger partial charge in [-0.25, -0.2) is 4.98 Å². The summed E-state index contributed by atoms with van der Waals surface area (Å²) < 4.78 is 5.32. The molecule has 1 aromatic heterocycles. The summed E-state index contributed by atoms with van der Waals surface area (Å²) >= 11 is 1.69. The Morgan fingerprint density at radius 1 is 1.33 bits per heavy atom. The SMILES string of the molecule is CN=C(NCc1ncc(C)s1)NCC(C)(C)c1cccc(OC)c1. The summed E-state index contributed by atoms with van der Waals surface area (Å²) in [4.78, 5) is 9.86. The van der Waals surface area contributed by atoms with Crippen LogP contribution in [0, 0.1) is 6.92 Å². The molecule has 0 bridgehead atoms. The molecule has 5 nitrogen and oxygen atoms in total. The molecule has 1 aromatic carbocycles. The zero-order chi connectivity index (χ0) is 17.6. The zero-order valence-electron chi connectivity index (χ0n) is 15.0. The lowest BCUT2D eigenvalue weighted by Gasteiger charge is -2.27. The van der Waals surface area contributed by atoms with Crippen LogP contribution in [-0.4, -0.2) is 31.6 Å². The number of aromatic nitrogens is 1.